The molecule has 1 aromatic rings. The van der Waals surface area contributed by atoms with Gasteiger partial charge in [-0.2, -0.15) is 0 Å². The number of aliphatic imine (C=N–C) groups is 1. The number of ether oxygens (including phenoxy) is 1. The van der Waals surface area contributed by atoms with E-state index in [2.05, 4.69) is 0 Å². The van der Waals surface area contributed by atoms with Crippen LogP contribution < -0.4 is 0 Å². The Balaban J connectivity index is 1.40. The molecule has 24 heavy (non-hydrogen) atoms. The van der Waals surface area contributed by atoms with E-state index in [1.807, 2.05) is 0 Å². The number of piperidine rings is 1. The minimum absolute atomic E-state index is 0.0763. The molecule has 0 radical (unpaired) electrons. The first-order valence-corrected chi connectivity index (χ1v) is 8.83. The highest BCUT2D eigenvalue weighted by atomic mass is 16.6. The second-order valence-corrected chi connectivity index (χ2v) is 6.98. The van der Waals surface area contributed by atoms with Gasteiger partial charge in [0.1, 0.15) is 0 Å². The van der Waals surface area contributed by atoms with E-state index < -0.39 is 5.54 Å². The summed E-state index contributed by atoms with van der Waals surface area (Å²) in [4.78, 5) is 31.1. The number of amides is 1. The topological polar surface area (TPSA) is 72.1 Å². The van der Waals surface area contributed by atoms with Crippen LogP contribution in [0.4, 0.5) is 0 Å². The predicted octanol–water partition coefficient (Wildman–Crippen LogP) is 2.79. The maximum Gasteiger partial charge on any atom is 0.340 e. The molecule has 4 rings (SSSR count). The number of esters is 1. The highest BCUT2D eigenvalue weighted by Gasteiger charge is 2.48. The van der Waals surface area contributed by atoms with Gasteiger partial charge in [0.15, 0.2) is 17.2 Å². The van der Waals surface area contributed by atoms with Crippen LogP contribution in [0.25, 0.3) is 0 Å². The van der Waals surface area contributed by atoms with E-state index in [-0.39, 0.29) is 17.8 Å². The van der Waals surface area contributed by atoms with E-state index in [1.54, 1.807) is 17.0 Å². The Hall–Kier alpha value is -2.11. The van der Waals surface area contributed by atoms with Crippen molar-refractivity contribution < 1.29 is 18.7 Å². The van der Waals surface area contributed by atoms with Crippen molar-refractivity contribution in [3.63, 3.8) is 0 Å². The Labute approximate surface area is 140 Å². The van der Waals surface area contributed by atoms with Gasteiger partial charge in [-0.3, -0.25) is 4.79 Å². The summed E-state index contributed by atoms with van der Waals surface area (Å²) in [6, 6.07) is 3.40. The van der Waals surface area contributed by atoms with Gasteiger partial charge in [-0.1, -0.05) is 19.3 Å². The normalized spacial score (nSPS) is 24.1. The number of carbonyl (C=O) groups is 2. The van der Waals surface area contributed by atoms with Gasteiger partial charge in [-0.05, 0) is 37.8 Å². The molecule has 3 heterocycles. The zero-order valence-corrected chi connectivity index (χ0v) is 13.7. The standard InChI is InChI=1S/C18H22N2O4/c21-16(14-5-4-12-23-14)20-10-6-13(7-11-20)15-19-18(17(22)24-15)8-2-1-3-9-18/h4-5,12-13H,1-3,6-11H2. The van der Waals surface area contributed by atoms with Gasteiger partial charge in [0, 0.05) is 19.0 Å². The fourth-order valence-electron chi connectivity index (χ4n) is 3.98. The van der Waals surface area contributed by atoms with Crippen molar-refractivity contribution in [1.82, 2.24) is 4.90 Å². The first-order valence-electron chi connectivity index (χ1n) is 8.83. The van der Waals surface area contributed by atoms with Crippen molar-refractivity contribution >= 4 is 17.8 Å². The molecule has 6 heteroatoms. The molecule has 1 aromatic heterocycles. The molecule has 1 amide bonds. The van der Waals surface area contributed by atoms with E-state index in [0.29, 0.717) is 24.7 Å². The highest BCUT2D eigenvalue weighted by Crippen LogP contribution is 2.38. The summed E-state index contributed by atoms with van der Waals surface area (Å²) in [5.74, 6) is 0.876. The Morgan fingerprint density at radius 3 is 2.62 bits per heavy atom. The summed E-state index contributed by atoms with van der Waals surface area (Å²) in [7, 11) is 0. The molecule has 0 aromatic carbocycles. The van der Waals surface area contributed by atoms with Crippen molar-refractivity contribution in [2.24, 2.45) is 10.9 Å². The van der Waals surface area contributed by atoms with Crippen molar-refractivity contribution in [3.8, 4) is 0 Å². The van der Waals surface area contributed by atoms with Gasteiger partial charge >= 0.3 is 5.97 Å². The molecule has 128 valence electrons. The molecule has 3 aliphatic rings. The van der Waals surface area contributed by atoms with Gasteiger partial charge < -0.3 is 14.1 Å². The maximum atomic E-state index is 12.3. The first kappa shape index (κ1) is 15.4. The summed E-state index contributed by atoms with van der Waals surface area (Å²) in [5.41, 5.74) is -0.602. The molecule has 2 fully saturated rings. The van der Waals surface area contributed by atoms with Crippen LogP contribution in [0, 0.1) is 5.92 Å². The lowest BCUT2D eigenvalue weighted by atomic mass is 9.82. The minimum atomic E-state index is -0.602. The average molecular weight is 330 g/mol. The Bertz CT molecular complexity index is 651. The Kier molecular flexibility index (Phi) is 3.90. The van der Waals surface area contributed by atoms with Crippen LogP contribution in [0.2, 0.25) is 0 Å². The number of hydrogen-bond acceptors (Lipinski definition) is 5. The summed E-state index contributed by atoms with van der Waals surface area (Å²) >= 11 is 0. The summed E-state index contributed by atoms with van der Waals surface area (Å²) in [6.45, 7) is 1.27. The van der Waals surface area contributed by atoms with Crippen molar-refractivity contribution in [3.05, 3.63) is 24.2 Å². The summed E-state index contributed by atoms with van der Waals surface area (Å²) < 4.78 is 10.7. The summed E-state index contributed by atoms with van der Waals surface area (Å²) in [5, 5.41) is 0. The van der Waals surface area contributed by atoms with Gasteiger partial charge in [0.25, 0.3) is 5.91 Å². The average Bonchev–Trinajstić information content (AvgIpc) is 3.25. The SMILES string of the molecule is O=C(c1ccco1)N1CCC(C2=NC3(CCCCC3)C(=O)O2)CC1. The molecular weight excluding hydrogens is 308 g/mol. The maximum absolute atomic E-state index is 12.3. The molecule has 0 unspecified atom stereocenters. The number of rotatable bonds is 2. The molecule has 0 N–H and O–H groups in total. The third kappa shape index (κ3) is 2.64. The van der Waals surface area contributed by atoms with Gasteiger partial charge in [-0.25, -0.2) is 9.79 Å². The molecule has 1 aliphatic carbocycles. The zero-order valence-electron chi connectivity index (χ0n) is 13.7. The van der Waals surface area contributed by atoms with Crippen molar-refractivity contribution in [2.75, 3.05) is 13.1 Å². The number of nitrogens with zero attached hydrogens (tertiary/aromatic N) is 2. The van der Waals surface area contributed by atoms with Gasteiger partial charge in [0.2, 0.25) is 0 Å². The van der Waals surface area contributed by atoms with Gasteiger partial charge in [0.05, 0.1) is 6.26 Å². The third-order valence-corrected chi connectivity index (χ3v) is 5.45. The smallest absolute Gasteiger partial charge is 0.340 e. The molecular formula is C18H22N2O4. The van der Waals surface area contributed by atoms with Crippen molar-refractivity contribution in [2.45, 2.75) is 50.5 Å². The lowest BCUT2D eigenvalue weighted by molar-refractivity contribution is -0.140. The summed E-state index contributed by atoms with van der Waals surface area (Å²) in [6.07, 6.45) is 7.94. The number of carbonyl (C=O) groups excluding carboxylic acids is 2. The molecule has 1 spiro atoms. The van der Waals surface area contributed by atoms with Crippen LogP contribution in [-0.2, 0) is 9.53 Å². The van der Waals surface area contributed by atoms with E-state index in [0.717, 1.165) is 38.5 Å². The van der Waals surface area contributed by atoms with Crippen molar-refractivity contribution in [1.29, 1.82) is 0 Å². The van der Waals surface area contributed by atoms with Crippen LogP contribution in [-0.4, -0.2) is 41.3 Å². The molecule has 6 nitrogen and oxygen atoms in total. The van der Waals surface area contributed by atoms with E-state index in [1.165, 1.54) is 12.7 Å². The van der Waals surface area contributed by atoms with E-state index in [9.17, 15) is 9.59 Å². The van der Waals surface area contributed by atoms with Crippen LogP contribution in [0.5, 0.6) is 0 Å². The number of hydrogen-bond donors (Lipinski definition) is 0. The van der Waals surface area contributed by atoms with Crippen LogP contribution >= 0.6 is 0 Å². The monoisotopic (exact) mass is 330 g/mol. The quantitative estimate of drug-likeness (QED) is 0.782. The molecule has 0 atom stereocenters. The minimum Gasteiger partial charge on any atom is -0.459 e. The second-order valence-electron chi connectivity index (χ2n) is 6.98. The third-order valence-electron chi connectivity index (χ3n) is 5.45. The molecule has 1 saturated carbocycles. The second kappa shape index (κ2) is 6.07. The van der Waals surface area contributed by atoms with Crippen LogP contribution in [0.15, 0.2) is 27.8 Å². The Morgan fingerprint density at radius 2 is 1.96 bits per heavy atom. The number of cyclic esters (lactones) is 1. The zero-order chi connectivity index (χ0) is 16.6. The lowest BCUT2D eigenvalue weighted by Gasteiger charge is -2.30. The predicted molar refractivity (Wildman–Crippen MR) is 86.7 cm³/mol. The Morgan fingerprint density at radius 1 is 1.21 bits per heavy atom. The van der Waals surface area contributed by atoms with E-state index >= 15 is 0 Å². The van der Waals surface area contributed by atoms with E-state index in [4.69, 9.17) is 14.1 Å². The molecule has 1 saturated heterocycles. The fraction of sp³-hybridized carbons (Fsp3) is 0.611. The largest absolute Gasteiger partial charge is 0.459 e. The molecule has 0 bridgehead atoms. The lowest BCUT2D eigenvalue weighted by Crippen LogP contribution is -2.40. The first-order chi connectivity index (χ1) is 11.7. The number of likely N-dealkylation sites (tertiary alicyclic amines) is 1. The number of furan rings is 1. The van der Waals surface area contributed by atoms with Crippen LogP contribution in [0.1, 0.15) is 55.5 Å². The van der Waals surface area contributed by atoms with Gasteiger partial charge in [-0.15, -0.1) is 0 Å². The fourth-order valence-corrected chi connectivity index (χ4v) is 3.98. The highest BCUT2D eigenvalue weighted by molar-refractivity contribution is 6.01. The van der Waals surface area contributed by atoms with Crippen LogP contribution in [0.3, 0.4) is 0 Å². The molecule has 2 aliphatic heterocycles.